The van der Waals surface area contributed by atoms with E-state index in [1.807, 2.05) is 19.1 Å². The van der Waals surface area contributed by atoms with Crippen molar-refractivity contribution in [2.24, 2.45) is 5.41 Å². The maximum Gasteiger partial charge on any atom is 0.327 e. The summed E-state index contributed by atoms with van der Waals surface area (Å²) in [6.45, 7) is 5.48. The number of carbonyl (C=O) groups is 5. The van der Waals surface area contributed by atoms with E-state index in [0.29, 0.717) is 28.9 Å². The van der Waals surface area contributed by atoms with Crippen LogP contribution in [-0.4, -0.2) is 66.8 Å². The summed E-state index contributed by atoms with van der Waals surface area (Å²) in [5.41, 5.74) is 0.742. The van der Waals surface area contributed by atoms with Crippen LogP contribution in [0.15, 0.2) is 72.8 Å². The monoisotopic (exact) mass is 631 g/mol. The zero-order valence-electron chi connectivity index (χ0n) is 25.8. The van der Waals surface area contributed by atoms with Gasteiger partial charge in [-0.05, 0) is 37.3 Å². The van der Waals surface area contributed by atoms with Gasteiger partial charge in [0.05, 0.1) is 33.3 Å². The lowest BCUT2D eigenvalue weighted by atomic mass is 9.82. The summed E-state index contributed by atoms with van der Waals surface area (Å²) < 4.78 is 7.56. The molecule has 47 heavy (non-hydrogen) atoms. The smallest absolute Gasteiger partial charge is 0.327 e. The number of carboxylic acids is 1. The molecule has 2 aliphatic rings. The molecule has 0 fully saturated rings. The summed E-state index contributed by atoms with van der Waals surface area (Å²) in [7, 11) is 0. The third-order valence-electron chi connectivity index (χ3n) is 8.71. The number of aromatic nitrogens is 3. The highest BCUT2D eigenvalue weighted by Crippen LogP contribution is 2.39. The molecule has 5 aromatic rings. The fourth-order valence-electron chi connectivity index (χ4n) is 6.61. The molecule has 2 aromatic heterocycles. The number of imide groups is 2. The van der Waals surface area contributed by atoms with Crippen LogP contribution in [0, 0.1) is 5.41 Å². The molecule has 236 valence electrons. The van der Waals surface area contributed by atoms with E-state index in [9.17, 15) is 29.1 Å². The summed E-state index contributed by atoms with van der Waals surface area (Å²) >= 11 is 0. The van der Waals surface area contributed by atoms with Crippen LogP contribution >= 0.6 is 0 Å². The Morgan fingerprint density at radius 2 is 1.34 bits per heavy atom. The molecule has 2 aliphatic heterocycles. The maximum atomic E-state index is 13.6. The van der Waals surface area contributed by atoms with Gasteiger partial charge in [0, 0.05) is 24.0 Å². The number of hydrogen-bond acceptors (Lipinski definition) is 8. The van der Waals surface area contributed by atoms with Gasteiger partial charge >= 0.3 is 5.97 Å². The fourth-order valence-corrected chi connectivity index (χ4v) is 6.61. The molecule has 0 saturated heterocycles. The number of carboxylic acid groups (broad SMARTS) is 1. The van der Waals surface area contributed by atoms with Gasteiger partial charge in [0.1, 0.15) is 24.0 Å². The summed E-state index contributed by atoms with van der Waals surface area (Å²) in [5.74, 6) is -3.36. The predicted molar refractivity (Wildman–Crippen MR) is 170 cm³/mol. The third kappa shape index (κ3) is 4.51. The Hall–Kier alpha value is -5.75. The molecular formula is C35H29N5O7. The number of aliphatic carboxylic acids is 1. The fraction of sp³-hybridized carbons (Fsp3) is 0.229. The van der Waals surface area contributed by atoms with Gasteiger partial charge in [-0.15, -0.1) is 0 Å². The van der Waals surface area contributed by atoms with Crippen molar-refractivity contribution in [3.63, 3.8) is 0 Å². The molecule has 0 saturated carbocycles. The third-order valence-corrected chi connectivity index (χ3v) is 8.71. The maximum absolute atomic E-state index is 13.6. The van der Waals surface area contributed by atoms with Crippen molar-refractivity contribution in [3.8, 4) is 0 Å². The van der Waals surface area contributed by atoms with Crippen LogP contribution in [0.3, 0.4) is 0 Å². The van der Waals surface area contributed by atoms with Gasteiger partial charge in [0.25, 0.3) is 23.6 Å². The zero-order chi connectivity index (χ0) is 33.2. The second-order valence-corrected chi connectivity index (χ2v) is 12.1. The quantitative estimate of drug-likeness (QED) is 0.228. The van der Waals surface area contributed by atoms with Crippen LogP contribution in [0.5, 0.6) is 0 Å². The predicted octanol–water partition coefficient (Wildman–Crippen LogP) is 4.70. The number of carbonyl (C=O) groups excluding carboxylic acids is 4. The van der Waals surface area contributed by atoms with E-state index in [1.165, 1.54) is 12.1 Å². The van der Waals surface area contributed by atoms with Gasteiger partial charge in [0.2, 0.25) is 0 Å². The zero-order valence-corrected chi connectivity index (χ0v) is 25.8. The van der Waals surface area contributed by atoms with Crippen molar-refractivity contribution in [1.82, 2.24) is 19.4 Å². The molecular weight excluding hydrogens is 602 g/mol. The molecule has 4 amide bonds. The highest BCUT2D eigenvalue weighted by Gasteiger charge is 2.50. The standard InChI is InChI=1S/C35H29N5O7/c1-4-47-17-25-37-26-27(23-15-9-10-16-24(23)36-29(26)40-32(43)21-13-7-8-14-22(21)33(40)44)38(25)18-35(2,3)28(34(45)46)39-30(41)19-11-5-6-12-20(19)31(39)42/h5-16,28H,4,17-18H2,1-3H3,(H,45,46). The van der Waals surface area contributed by atoms with Crippen LogP contribution in [0.2, 0.25) is 0 Å². The lowest BCUT2D eigenvalue weighted by molar-refractivity contribution is -0.146. The first-order valence-corrected chi connectivity index (χ1v) is 15.1. The Labute approximate surface area is 268 Å². The molecule has 1 unspecified atom stereocenters. The molecule has 1 N–H and O–H groups in total. The molecule has 0 aliphatic carbocycles. The number of nitrogens with zero attached hydrogens (tertiary/aromatic N) is 5. The van der Waals surface area contributed by atoms with E-state index >= 15 is 0 Å². The van der Waals surface area contributed by atoms with Crippen molar-refractivity contribution in [3.05, 3.63) is 101 Å². The number of fused-ring (bicyclic) bond motifs is 5. The molecule has 3 aromatic carbocycles. The van der Waals surface area contributed by atoms with Gasteiger partial charge in [-0.3, -0.25) is 24.1 Å². The summed E-state index contributed by atoms with van der Waals surface area (Å²) in [6, 6.07) is 18.4. The van der Waals surface area contributed by atoms with Crippen molar-refractivity contribution < 1.29 is 33.8 Å². The largest absolute Gasteiger partial charge is 0.480 e. The number of rotatable bonds is 9. The highest BCUT2D eigenvalue weighted by atomic mass is 16.5. The molecule has 7 rings (SSSR count). The van der Waals surface area contributed by atoms with E-state index in [1.54, 1.807) is 66.9 Å². The molecule has 0 spiro atoms. The van der Waals surface area contributed by atoms with Crippen molar-refractivity contribution in [1.29, 1.82) is 0 Å². The van der Waals surface area contributed by atoms with Crippen LogP contribution in [0.25, 0.3) is 21.9 Å². The molecule has 1 atom stereocenters. The second-order valence-electron chi connectivity index (χ2n) is 12.1. The van der Waals surface area contributed by atoms with E-state index in [0.717, 1.165) is 9.80 Å². The minimum atomic E-state index is -1.56. The number of pyridine rings is 1. The van der Waals surface area contributed by atoms with Crippen molar-refractivity contribution in [2.45, 2.75) is 40.0 Å². The SMILES string of the molecule is CCOCc1nc2c(N3C(=O)c4ccccc4C3=O)nc3ccccc3c2n1CC(C)(C)C(C(=O)O)N1C(=O)c2ccccc2C1=O. The number of anilines is 1. The normalized spacial score (nSPS) is 15.2. The number of imidazole rings is 1. The van der Waals surface area contributed by atoms with E-state index in [-0.39, 0.29) is 46.7 Å². The average molecular weight is 632 g/mol. The topological polar surface area (TPSA) is 152 Å². The van der Waals surface area contributed by atoms with Gasteiger partial charge in [-0.1, -0.05) is 56.3 Å². The Morgan fingerprint density at radius 3 is 1.89 bits per heavy atom. The van der Waals surface area contributed by atoms with E-state index < -0.39 is 41.1 Å². The Kier molecular flexibility index (Phi) is 6.97. The molecule has 0 bridgehead atoms. The van der Waals surface area contributed by atoms with Gasteiger partial charge in [0.15, 0.2) is 5.82 Å². The highest BCUT2D eigenvalue weighted by molar-refractivity contribution is 6.36. The number of para-hydroxylation sites is 1. The number of hydrogen-bond donors (Lipinski definition) is 1. The summed E-state index contributed by atoms with van der Waals surface area (Å²) in [6.07, 6.45) is 0. The average Bonchev–Trinajstić information content (AvgIpc) is 3.63. The van der Waals surface area contributed by atoms with Gasteiger partial charge < -0.3 is 14.4 Å². The first-order valence-electron chi connectivity index (χ1n) is 15.1. The second kappa shape index (κ2) is 11.0. The minimum Gasteiger partial charge on any atom is -0.480 e. The lowest BCUT2D eigenvalue weighted by Gasteiger charge is -2.37. The first-order chi connectivity index (χ1) is 22.5. The van der Waals surface area contributed by atoms with E-state index in [4.69, 9.17) is 14.7 Å². The minimum absolute atomic E-state index is 0.0158. The molecule has 12 nitrogen and oxygen atoms in total. The Bertz CT molecular complexity index is 2120. The van der Waals surface area contributed by atoms with Crippen molar-refractivity contribution >= 4 is 57.4 Å². The first kappa shape index (κ1) is 29.9. The van der Waals surface area contributed by atoms with E-state index in [2.05, 4.69) is 0 Å². The van der Waals surface area contributed by atoms with Gasteiger partial charge in [-0.25, -0.2) is 19.7 Å². The summed E-state index contributed by atoms with van der Waals surface area (Å²) in [5, 5.41) is 11.2. The molecule has 12 heteroatoms. The van der Waals surface area contributed by atoms with Crippen LogP contribution in [-0.2, 0) is 22.7 Å². The van der Waals surface area contributed by atoms with Gasteiger partial charge in [-0.2, -0.15) is 0 Å². The molecule has 4 heterocycles. The number of amides is 4. The number of ether oxygens (including phenoxy) is 1. The Morgan fingerprint density at radius 1 is 0.809 bits per heavy atom. The molecule has 0 radical (unpaired) electrons. The summed E-state index contributed by atoms with van der Waals surface area (Å²) in [4.78, 5) is 78.6. The van der Waals surface area contributed by atoms with Crippen LogP contribution in [0.4, 0.5) is 5.82 Å². The van der Waals surface area contributed by atoms with Crippen LogP contribution in [0.1, 0.15) is 68.0 Å². The van der Waals surface area contributed by atoms with Crippen LogP contribution < -0.4 is 4.90 Å². The Balaban J connectivity index is 1.41. The lowest BCUT2D eigenvalue weighted by Crippen LogP contribution is -2.54. The number of benzene rings is 3. The van der Waals surface area contributed by atoms with Crippen molar-refractivity contribution in [2.75, 3.05) is 11.5 Å².